The van der Waals surface area contributed by atoms with E-state index in [-0.39, 0.29) is 18.1 Å². The Morgan fingerprint density at radius 1 is 1.11 bits per heavy atom. The highest BCUT2D eigenvalue weighted by atomic mass is 16.5. The Balaban J connectivity index is 1.48. The van der Waals surface area contributed by atoms with Gasteiger partial charge in [-0.15, -0.1) is 0 Å². The first kappa shape index (κ1) is 18.1. The lowest BCUT2D eigenvalue weighted by Gasteiger charge is -2.07. The molecule has 1 aromatic carbocycles. The molecule has 0 bridgehead atoms. The number of methoxy groups -OCH3 is 1. The number of rotatable bonds is 7. The number of benzene rings is 1. The van der Waals surface area contributed by atoms with E-state index in [4.69, 9.17) is 9.26 Å². The zero-order chi connectivity index (χ0) is 19.1. The van der Waals surface area contributed by atoms with Crippen molar-refractivity contribution in [2.45, 2.75) is 6.54 Å². The molecular weight excluding hydrogens is 348 g/mol. The molecule has 2 N–H and O–H groups in total. The average Bonchev–Trinajstić information content (AvgIpc) is 3.21. The van der Waals surface area contributed by atoms with Gasteiger partial charge in [-0.25, -0.2) is 4.98 Å². The maximum Gasteiger partial charge on any atom is 0.273 e. The van der Waals surface area contributed by atoms with E-state index in [2.05, 4.69) is 20.8 Å². The number of nitrogens with one attached hydrogen (secondary N) is 2. The summed E-state index contributed by atoms with van der Waals surface area (Å²) < 4.78 is 10.2. The summed E-state index contributed by atoms with van der Waals surface area (Å²) in [5.74, 6) is 0.139. The number of aromatic nitrogens is 2. The van der Waals surface area contributed by atoms with Gasteiger partial charge in [0.1, 0.15) is 0 Å². The Morgan fingerprint density at radius 2 is 1.93 bits per heavy atom. The molecule has 3 rings (SSSR count). The van der Waals surface area contributed by atoms with Crippen molar-refractivity contribution in [3.8, 4) is 17.2 Å². The van der Waals surface area contributed by atoms with Crippen LogP contribution in [0.2, 0.25) is 0 Å². The minimum Gasteiger partial charge on any atom is -0.481 e. The first-order chi connectivity index (χ1) is 13.2. The van der Waals surface area contributed by atoms with Crippen molar-refractivity contribution in [1.82, 2.24) is 20.8 Å². The van der Waals surface area contributed by atoms with E-state index >= 15 is 0 Å². The van der Waals surface area contributed by atoms with E-state index in [1.165, 1.54) is 13.2 Å². The molecule has 0 aliphatic heterocycles. The van der Waals surface area contributed by atoms with E-state index < -0.39 is 5.91 Å². The predicted molar refractivity (Wildman–Crippen MR) is 96.9 cm³/mol. The number of hydrogen-bond acceptors (Lipinski definition) is 6. The van der Waals surface area contributed by atoms with Crippen molar-refractivity contribution in [2.75, 3.05) is 13.7 Å². The maximum absolute atomic E-state index is 12.1. The third kappa shape index (κ3) is 4.91. The fourth-order valence-electron chi connectivity index (χ4n) is 2.31. The van der Waals surface area contributed by atoms with E-state index in [0.29, 0.717) is 18.2 Å². The molecule has 0 saturated carbocycles. The lowest BCUT2D eigenvalue weighted by molar-refractivity contribution is -0.120. The Kier molecular flexibility index (Phi) is 5.78. The SMILES string of the molecule is COc1cc(CNC(=O)CNC(=O)c2cc(-c3ccccc3)on2)ccn1. The van der Waals surface area contributed by atoms with Crippen LogP contribution in [-0.4, -0.2) is 35.6 Å². The highest BCUT2D eigenvalue weighted by Crippen LogP contribution is 2.19. The summed E-state index contributed by atoms with van der Waals surface area (Å²) in [6, 6.07) is 14.3. The smallest absolute Gasteiger partial charge is 0.273 e. The number of hydrogen-bond donors (Lipinski definition) is 2. The van der Waals surface area contributed by atoms with Crippen molar-refractivity contribution in [2.24, 2.45) is 0 Å². The van der Waals surface area contributed by atoms with Gasteiger partial charge in [0.05, 0.1) is 13.7 Å². The van der Waals surface area contributed by atoms with Crippen molar-refractivity contribution < 1.29 is 18.8 Å². The molecule has 0 aliphatic carbocycles. The van der Waals surface area contributed by atoms with E-state index in [1.54, 1.807) is 18.3 Å². The summed E-state index contributed by atoms with van der Waals surface area (Å²) in [6.45, 7) is 0.129. The molecule has 0 atom stereocenters. The zero-order valence-electron chi connectivity index (χ0n) is 14.6. The molecular formula is C19H18N4O4. The van der Waals surface area contributed by atoms with Gasteiger partial charge in [-0.1, -0.05) is 35.5 Å². The fraction of sp³-hybridized carbons (Fsp3) is 0.158. The highest BCUT2D eigenvalue weighted by molar-refractivity contribution is 5.95. The lowest BCUT2D eigenvalue weighted by atomic mass is 10.1. The van der Waals surface area contributed by atoms with Gasteiger partial charge in [-0.3, -0.25) is 9.59 Å². The first-order valence-corrected chi connectivity index (χ1v) is 8.21. The van der Waals surface area contributed by atoms with Crippen molar-refractivity contribution in [3.05, 3.63) is 66.0 Å². The molecule has 2 heterocycles. The van der Waals surface area contributed by atoms with Crippen molar-refractivity contribution >= 4 is 11.8 Å². The summed E-state index contributed by atoms with van der Waals surface area (Å²) in [4.78, 5) is 28.0. The second kappa shape index (κ2) is 8.61. The summed E-state index contributed by atoms with van der Waals surface area (Å²) in [5.41, 5.74) is 1.76. The van der Waals surface area contributed by atoms with Gasteiger partial charge in [0.2, 0.25) is 11.8 Å². The molecule has 27 heavy (non-hydrogen) atoms. The van der Waals surface area contributed by atoms with Crippen LogP contribution in [0.15, 0.2) is 59.3 Å². The van der Waals surface area contributed by atoms with Crippen LogP contribution in [-0.2, 0) is 11.3 Å². The molecule has 8 nitrogen and oxygen atoms in total. The normalized spacial score (nSPS) is 10.3. The molecule has 0 radical (unpaired) electrons. The van der Waals surface area contributed by atoms with Gasteiger partial charge >= 0.3 is 0 Å². The quantitative estimate of drug-likeness (QED) is 0.660. The molecule has 2 aromatic heterocycles. The Bertz CT molecular complexity index is 924. The average molecular weight is 366 g/mol. The molecule has 0 saturated heterocycles. The van der Waals surface area contributed by atoms with Crippen LogP contribution in [0.25, 0.3) is 11.3 Å². The van der Waals surface area contributed by atoms with Crippen LogP contribution in [0.4, 0.5) is 0 Å². The third-order valence-corrected chi connectivity index (χ3v) is 3.71. The number of amides is 2. The number of ether oxygens (including phenoxy) is 1. The molecule has 0 spiro atoms. The van der Waals surface area contributed by atoms with E-state index in [9.17, 15) is 9.59 Å². The summed E-state index contributed by atoms with van der Waals surface area (Å²) in [5, 5.41) is 8.96. The molecule has 2 amide bonds. The topological polar surface area (TPSA) is 106 Å². The van der Waals surface area contributed by atoms with Crippen LogP contribution < -0.4 is 15.4 Å². The number of carbonyl (C=O) groups excluding carboxylic acids is 2. The molecule has 0 fully saturated rings. The predicted octanol–water partition coefficient (Wildman–Crippen LogP) is 1.79. The van der Waals surface area contributed by atoms with Crippen molar-refractivity contribution in [1.29, 1.82) is 0 Å². The van der Waals surface area contributed by atoms with E-state index in [0.717, 1.165) is 11.1 Å². The van der Waals surface area contributed by atoms with Crippen LogP contribution in [0, 0.1) is 0 Å². The molecule has 138 valence electrons. The van der Waals surface area contributed by atoms with Crippen LogP contribution >= 0.6 is 0 Å². The highest BCUT2D eigenvalue weighted by Gasteiger charge is 2.14. The number of pyridine rings is 1. The van der Waals surface area contributed by atoms with Gasteiger partial charge in [-0.2, -0.15) is 0 Å². The van der Waals surface area contributed by atoms with Crippen molar-refractivity contribution in [3.63, 3.8) is 0 Å². The molecule has 8 heteroatoms. The molecule has 0 unspecified atom stereocenters. The lowest BCUT2D eigenvalue weighted by Crippen LogP contribution is -2.36. The Hall–Kier alpha value is -3.68. The fourth-order valence-corrected chi connectivity index (χ4v) is 2.31. The molecule has 0 aliphatic rings. The monoisotopic (exact) mass is 366 g/mol. The van der Waals surface area contributed by atoms with Crippen LogP contribution in [0.5, 0.6) is 5.88 Å². The van der Waals surface area contributed by atoms with Gasteiger partial charge in [-0.05, 0) is 11.6 Å². The minimum atomic E-state index is -0.485. The Labute approximate surface area is 155 Å². The Morgan fingerprint density at radius 3 is 2.70 bits per heavy atom. The number of carbonyl (C=O) groups is 2. The summed E-state index contributed by atoms with van der Waals surface area (Å²) in [7, 11) is 1.52. The zero-order valence-corrected chi connectivity index (χ0v) is 14.6. The van der Waals surface area contributed by atoms with Gasteiger partial charge in [0.15, 0.2) is 11.5 Å². The van der Waals surface area contributed by atoms with Crippen LogP contribution in [0.3, 0.4) is 0 Å². The largest absolute Gasteiger partial charge is 0.481 e. The minimum absolute atomic E-state index is 0.112. The van der Waals surface area contributed by atoms with E-state index in [1.807, 2.05) is 30.3 Å². The van der Waals surface area contributed by atoms with Gasteiger partial charge in [0.25, 0.3) is 5.91 Å². The third-order valence-electron chi connectivity index (χ3n) is 3.71. The summed E-state index contributed by atoms with van der Waals surface area (Å²) in [6.07, 6.45) is 1.59. The van der Waals surface area contributed by atoms with Crippen LogP contribution in [0.1, 0.15) is 16.1 Å². The molecule has 3 aromatic rings. The first-order valence-electron chi connectivity index (χ1n) is 8.21. The second-order valence-corrected chi connectivity index (χ2v) is 5.61. The number of nitrogens with zero attached hydrogens (tertiary/aromatic N) is 2. The second-order valence-electron chi connectivity index (χ2n) is 5.61. The maximum atomic E-state index is 12.1. The van der Waals surface area contributed by atoms with Gasteiger partial charge < -0.3 is 19.9 Å². The van der Waals surface area contributed by atoms with Gasteiger partial charge in [0, 0.05) is 30.4 Å². The standard InChI is InChI=1S/C19H18N4O4/c1-26-18-9-13(7-8-20-18)11-21-17(24)12-22-19(25)15-10-16(27-23-15)14-5-3-2-4-6-14/h2-10H,11-12H2,1H3,(H,21,24)(H,22,25). The summed E-state index contributed by atoms with van der Waals surface area (Å²) >= 11 is 0.